The maximum atomic E-state index is 13.9. The zero-order valence-electron chi connectivity index (χ0n) is 12.6. The molecule has 5 nitrogen and oxygen atoms in total. The minimum atomic E-state index is -3.76. The fourth-order valence-corrected chi connectivity index (χ4v) is 2.44. The number of ketones is 1. The molecule has 118 valence electrons. The standard InChI is InChI=1S/C15H17FN2O3S/c1-5-9-18(22(4,20)21)14-11-12(6-7-13(14)16)15(19)8-10-17(2)3/h1,6-8,10-11H,9H2,2-4H3. The molecule has 0 aliphatic rings. The normalized spacial score (nSPS) is 11.2. The van der Waals surface area contributed by atoms with Crippen molar-refractivity contribution in [3.63, 3.8) is 0 Å². The van der Waals surface area contributed by atoms with E-state index in [4.69, 9.17) is 6.42 Å². The number of rotatable bonds is 6. The van der Waals surface area contributed by atoms with Gasteiger partial charge in [0.05, 0.1) is 18.5 Å². The molecule has 0 N–H and O–H groups in total. The third-order valence-corrected chi connectivity index (χ3v) is 3.79. The molecular formula is C15H17FN2O3S. The summed E-state index contributed by atoms with van der Waals surface area (Å²) in [6, 6.07) is 3.51. The largest absolute Gasteiger partial charge is 0.383 e. The molecule has 1 aromatic carbocycles. The van der Waals surface area contributed by atoms with Crippen LogP contribution in [0.2, 0.25) is 0 Å². The van der Waals surface area contributed by atoms with Crippen LogP contribution in [0.15, 0.2) is 30.5 Å². The summed E-state index contributed by atoms with van der Waals surface area (Å²) < 4.78 is 38.1. The molecular weight excluding hydrogens is 307 g/mol. The Kier molecular flexibility index (Phi) is 5.71. The van der Waals surface area contributed by atoms with Gasteiger partial charge in [0.25, 0.3) is 0 Å². The van der Waals surface area contributed by atoms with Gasteiger partial charge < -0.3 is 4.90 Å². The molecule has 0 fully saturated rings. The summed E-state index contributed by atoms with van der Waals surface area (Å²) in [7, 11) is -0.261. The minimum Gasteiger partial charge on any atom is -0.383 e. The van der Waals surface area contributed by atoms with Gasteiger partial charge >= 0.3 is 0 Å². The highest BCUT2D eigenvalue weighted by Crippen LogP contribution is 2.23. The fourth-order valence-electron chi connectivity index (χ4n) is 1.63. The van der Waals surface area contributed by atoms with E-state index in [-0.39, 0.29) is 23.6 Å². The number of hydrogen-bond acceptors (Lipinski definition) is 4. The van der Waals surface area contributed by atoms with Gasteiger partial charge in [-0.15, -0.1) is 6.42 Å². The number of carbonyl (C=O) groups is 1. The second-order valence-corrected chi connectivity index (χ2v) is 6.69. The average Bonchev–Trinajstić information content (AvgIpc) is 2.42. The van der Waals surface area contributed by atoms with E-state index < -0.39 is 15.8 Å². The number of sulfonamides is 1. The summed E-state index contributed by atoms with van der Waals surface area (Å²) in [5.41, 5.74) is -0.0790. The molecule has 0 aliphatic carbocycles. The molecule has 0 aromatic heterocycles. The highest BCUT2D eigenvalue weighted by Gasteiger charge is 2.21. The highest BCUT2D eigenvalue weighted by atomic mass is 32.2. The van der Waals surface area contributed by atoms with Crippen molar-refractivity contribution in [2.75, 3.05) is 31.2 Å². The van der Waals surface area contributed by atoms with Crippen LogP contribution in [0.4, 0.5) is 10.1 Å². The molecule has 0 aliphatic heterocycles. The number of allylic oxidation sites excluding steroid dienone is 1. The Balaban J connectivity index is 3.30. The van der Waals surface area contributed by atoms with Crippen molar-refractivity contribution < 1.29 is 17.6 Å². The third-order valence-electron chi connectivity index (χ3n) is 2.66. The van der Waals surface area contributed by atoms with E-state index in [9.17, 15) is 17.6 Å². The molecule has 0 spiro atoms. The van der Waals surface area contributed by atoms with E-state index in [0.29, 0.717) is 0 Å². The van der Waals surface area contributed by atoms with Gasteiger partial charge in [-0.3, -0.25) is 9.10 Å². The molecule has 0 saturated carbocycles. The van der Waals surface area contributed by atoms with Crippen LogP contribution >= 0.6 is 0 Å². The van der Waals surface area contributed by atoms with Crippen molar-refractivity contribution in [1.29, 1.82) is 0 Å². The van der Waals surface area contributed by atoms with Gasteiger partial charge in [-0.1, -0.05) is 5.92 Å². The molecule has 1 aromatic rings. The number of hydrogen-bond donors (Lipinski definition) is 0. The first-order valence-corrected chi connectivity index (χ1v) is 8.11. The summed E-state index contributed by atoms with van der Waals surface area (Å²) in [6.45, 7) is -0.319. The van der Waals surface area contributed by atoms with Crippen molar-refractivity contribution in [1.82, 2.24) is 4.90 Å². The van der Waals surface area contributed by atoms with Crippen molar-refractivity contribution in [2.24, 2.45) is 0 Å². The van der Waals surface area contributed by atoms with E-state index in [1.807, 2.05) is 0 Å². The van der Waals surface area contributed by atoms with Gasteiger partial charge in [-0.25, -0.2) is 12.8 Å². The monoisotopic (exact) mass is 324 g/mol. The summed E-state index contributed by atoms with van der Waals surface area (Å²) in [5.74, 6) is 1.02. The minimum absolute atomic E-state index is 0.167. The van der Waals surface area contributed by atoms with E-state index in [1.165, 1.54) is 18.2 Å². The summed E-state index contributed by atoms with van der Waals surface area (Å²) in [6.07, 6.45) is 8.90. The van der Waals surface area contributed by atoms with Crippen molar-refractivity contribution in [2.45, 2.75) is 0 Å². The summed E-state index contributed by atoms with van der Waals surface area (Å²) in [5, 5.41) is 0. The van der Waals surface area contributed by atoms with E-state index in [1.54, 1.807) is 25.2 Å². The van der Waals surface area contributed by atoms with Crippen LogP contribution in [0.25, 0.3) is 0 Å². The topological polar surface area (TPSA) is 57.7 Å². The van der Waals surface area contributed by atoms with Crippen LogP contribution in [0.1, 0.15) is 10.4 Å². The predicted molar refractivity (Wildman–Crippen MR) is 84.6 cm³/mol. The van der Waals surface area contributed by atoms with Crippen LogP contribution in [0.3, 0.4) is 0 Å². The number of terminal acetylenes is 1. The molecule has 0 unspecified atom stereocenters. The Morgan fingerprint density at radius 3 is 2.55 bits per heavy atom. The lowest BCUT2D eigenvalue weighted by Crippen LogP contribution is -2.31. The van der Waals surface area contributed by atoms with E-state index in [2.05, 4.69) is 5.92 Å². The van der Waals surface area contributed by atoms with Crippen LogP contribution in [0, 0.1) is 18.2 Å². The number of anilines is 1. The zero-order valence-corrected chi connectivity index (χ0v) is 13.4. The Bertz CT molecular complexity index is 734. The number of carbonyl (C=O) groups excluding carboxylic acids is 1. The smallest absolute Gasteiger partial charge is 0.233 e. The van der Waals surface area contributed by atoms with E-state index in [0.717, 1.165) is 16.6 Å². The van der Waals surface area contributed by atoms with Gasteiger partial charge in [-0.05, 0) is 18.2 Å². The van der Waals surface area contributed by atoms with Crippen LogP contribution in [0.5, 0.6) is 0 Å². The Morgan fingerprint density at radius 1 is 1.41 bits per heavy atom. The van der Waals surface area contributed by atoms with Crippen LogP contribution in [-0.2, 0) is 10.0 Å². The number of nitrogens with zero attached hydrogens (tertiary/aromatic N) is 2. The molecule has 0 radical (unpaired) electrons. The third kappa shape index (κ3) is 4.60. The lowest BCUT2D eigenvalue weighted by Gasteiger charge is -2.20. The lowest BCUT2D eigenvalue weighted by molar-refractivity contribution is 0.104. The van der Waals surface area contributed by atoms with Crippen molar-refractivity contribution >= 4 is 21.5 Å². The van der Waals surface area contributed by atoms with Gasteiger partial charge in [0.2, 0.25) is 10.0 Å². The first-order valence-electron chi connectivity index (χ1n) is 6.26. The molecule has 0 atom stereocenters. The summed E-state index contributed by atoms with van der Waals surface area (Å²) in [4.78, 5) is 13.7. The first-order chi connectivity index (χ1) is 10.2. The first kappa shape index (κ1) is 17.7. The molecule has 0 heterocycles. The lowest BCUT2D eigenvalue weighted by atomic mass is 10.1. The number of halogens is 1. The maximum absolute atomic E-state index is 13.9. The molecule has 7 heteroatoms. The quantitative estimate of drug-likeness (QED) is 0.452. The van der Waals surface area contributed by atoms with Gasteiger partial charge in [0, 0.05) is 31.9 Å². The van der Waals surface area contributed by atoms with Gasteiger partial charge in [-0.2, -0.15) is 0 Å². The van der Waals surface area contributed by atoms with Crippen molar-refractivity contribution in [3.05, 3.63) is 41.9 Å². The fraction of sp³-hybridized carbons (Fsp3) is 0.267. The SMILES string of the molecule is C#CCN(c1cc(C(=O)C=CN(C)C)ccc1F)S(C)(=O)=O. The molecule has 0 saturated heterocycles. The van der Waals surface area contributed by atoms with E-state index >= 15 is 0 Å². The second kappa shape index (κ2) is 7.09. The van der Waals surface area contributed by atoms with Crippen LogP contribution in [-0.4, -0.2) is 46.0 Å². The van der Waals surface area contributed by atoms with Crippen LogP contribution < -0.4 is 4.31 Å². The van der Waals surface area contributed by atoms with Crippen molar-refractivity contribution in [3.8, 4) is 12.3 Å². The molecule has 0 amide bonds. The Labute approximate surface area is 130 Å². The Hall–Kier alpha value is -2.33. The zero-order chi connectivity index (χ0) is 16.9. The Morgan fingerprint density at radius 2 is 2.05 bits per heavy atom. The number of benzene rings is 1. The maximum Gasteiger partial charge on any atom is 0.233 e. The molecule has 22 heavy (non-hydrogen) atoms. The summed E-state index contributed by atoms with van der Waals surface area (Å²) >= 11 is 0. The average molecular weight is 324 g/mol. The highest BCUT2D eigenvalue weighted by molar-refractivity contribution is 7.92. The van der Waals surface area contributed by atoms with Gasteiger partial charge in [0.15, 0.2) is 5.78 Å². The molecule has 0 bridgehead atoms. The molecule has 1 rings (SSSR count). The predicted octanol–water partition coefficient (Wildman–Crippen LogP) is 1.48. The second-order valence-electron chi connectivity index (χ2n) is 4.78. The van der Waals surface area contributed by atoms with Gasteiger partial charge in [0.1, 0.15) is 5.82 Å².